The smallest absolute Gasteiger partial charge is 0.326 e. The van der Waals surface area contributed by atoms with Gasteiger partial charge < -0.3 is 4.74 Å². The Labute approximate surface area is 161 Å². The van der Waals surface area contributed by atoms with E-state index in [2.05, 4.69) is 0 Å². The first-order chi connectivity index (χ1) is 13.0. The molecule has 0 radical (unpaired) electrons. The van der Waals surface area contributed by atoms with Crippen molar-refractivity contribution < 1.29 is 27.5 Å². The maximum absolute atomic E-state index is 14.2. The van der Waals surface area contributed by atoms with E-state index in [0.29, 0.717) is 29.8 Å². The Bertz CT molecular complexity index is 868. The monoisotopic (exact) mass is 393 g/mol. The van der Waals surface area contributed by atoms with E-state index in [1.807, 2.05) is 6.92 Å². The number of nitrogens with zero attached hydrogens (tertiary/aromatic N) is 1. The number of anilines is 1. The zero-order chi connectivity index (χ0) is 21.1. The summed E-state index contributed by atoms with van der Waals surface area (Å²) in [5, 5.41) is 0. The summed E-state index contributed by atoms with van der Waals surface area (Å²) >= 11 is 0. The Hall–Kier alpha value is -2.83. The summed E-state index contributed by atoms with van der Waals surface area (Å²) in [4.78, 5) is 26.3. The van der Waals surface area contributed by atoms with E-state index < -0.39 is 47.0 Å². The number of rotatable bonds is 5. The number of aryl methyl sites for hydroxylation is 1. The first kappa shape index (κ1) is 21.5. The van der Waals surface area contributed by atoms with Crippen molar-refractivity contribution in [1.29, 1.82) is 0 Å². The van der Waals surface area contributed by atoms with Crippen LogP contribution in [0.1, 0.15) is 43.6 Å². The summed E-state index contributed by atoms with van der Waals surface area (Å²) in [6.07, 6.45) is 0.517. The molecule has 0 atom stereocenters. The first-order valence-corrected chi connectivity index (χ1v) is 8.79. The van der Waals surface area contributed by atoms with Crippen LogP contribution in [0.5, 0.6) is 0 Å². The van der Waals surface area contributed by atoms with Crippen LogP contribution in [-0.2, 0) is 16.0 Å². The molecule has 2 aromatic carbocycles. The number of amides is 1. The van der Waals surface area contributed by atoms with E-state index in [-0.39, 0.29) is 0 Å². The fourth-order valence-electron chi connectivity index (χ4n) is 2.72. The third-order valence-electron chi connectivity index (χ3n) is 3.84. The second-order valence-electron chi connectivity index (χ2n) is 7.20. The summed E-state index contributed by atoms with van der Waals surface area (Å²) in [7, 11) is 0. The summed E-state index contributed by atoms with van der Waals surface area (Å²) in [6, 6.07) is 7.54. The third kappa shape index (κ3) is 5.12. The highest BCUT2D eigenvalue weighted by Crippen LogP contribution is 2.26. The number of para-hydroxylation sites is 1. The van der Waals surface area contributed by atoms with Gasteiger partial charge in [0.05, 0.1) is 0 Å². The Morgan fingerprint density at radius 2 is 1.61 bits per heavy atom. The number of carbonyl (C=O) groups excluding carboxylic acids is 2. The fraction of sp³-hybridized carbons (Fsp3) is 0.333. The highest BCUT2D eigenvalue weighted by Gasteiger charge is 2.29. The molecule has 0 N–H and O–H groups in total. The van der Waals surface area contributed by atoms with E-state index in [0.717, 1.165) is 4.90 Å². The van der Waals surface area contributed by atoms with Gasteiger partial charge in [-0.2, -0.15) is 0 Å². The molecule has 150 valence electrons. The van der Waals surface area contributed by atoms with Gasteiger partial charge in [-0.1, -0.05) is 25.1 Å². The first-order valence-electron chi connectivity index (χ1n) is 8.79. The molecule has 0 aliphatic heterocycles. The lowest BCUT2D eigenvalue weighted by atomic mass is 10.1. The molecule has 0 aliphatic rings. The van der Waals surface area contributed by atoms with Crippen molar-refractivity contribution in [3.05, 3.63) is 65.0 Å². The second-order valence-corrected chi connectivity index (χ2v) is 7.20. The van der Waals surface area contributed by atoms with E-state index in [1.165, 1.54) is 0 Å². The van der Waals surface area contributed by atoms with Crippen LogP contribution in [-0.4, -0.2) is 24.0 Å². The van der Waals surface area contributed by atoms with Crippen molar-refractivity contribution in [2.24, 2.45) is 0 Å². The highest BCUT2D eigenvalue weighted by molar-refractivity contribution is 6.09. The van der Waals surface area contributed by atoms with Gasteiger partial charge in [0.1, 0.15) is 35.2 Å². The number of carbonyl (C=O) groups is 2. The Kier molecular flexibility index (Phi) is 6.48. The van der Waals surface area contributed by atoms with Gasteiger partial charge in [-0.25, -0.2) is 13.2 Å². The predicted molar refractivity (Wildman–Crippen MR) is 99.7 cm³/mol. The van der Waals surface area contributed by atoms with Gasteiger partial charge in [0.2, 0.25) is 0 Å². The highest BCUT2D eigenvalue weighted by atomic mass is 19.1. The number of esters is 1. The largest absolute Gasteiger partial charge is 0.459 e. The fourth-order valence-corrected chi connectivity index (χ4v) is 2.72. The average molecular weight is 393 g/mol. The molecule has 7 heteroatoms. The topological polar surface area (TPSA) is 46.6 Å². The minimum absolute atomic E-state index is 0.323. The quantitative estimate of drug-likeness (QED) is 0.695. The van der Waals surface area contributed by atoms with Crippen molar-refractivity contribution >= 4 is 17.6 Å². The third-order valence-corrected chi connectivity index (χ3v) is 3.84. The van der Waals surface area contributed by atoms with E-state index >= 15 is 0 Å². The van der Waals surface area contributed by atoms with Crippen LogP contribution < -0.4 is 4.90 Å². The molecule has 0 aromatic heterocycles. The second kappa shape index (κ2) is 8.46. The predicted octanol–water partition coefficient (Wildman–Crippen LogP) is 4.65. The normalized spacial score (nSPS) is 11.2. The number of halogens is 3. The molecule has 28 heavy (non-hydrogen) atoms. The van der Waals surface area contributed by atoms with Crippen LogP contribution in [0.25, 0.3) is 0 Å². The Balaban J connectivity index is 2.52. The van der Waals surface area contributed by atoms with Crippen molar-refractivity contribution in [3.63, 3.8) is 0 Å². The SMILES string of the molecule is CCc1ccccc1N(CC(=O)OC(C)(C)C)C(=O)c1c(F)cc(F)cc1F. The molecule has 0 unspecified atom stereocenters. The molecule has 0 saturated carbocycles. The number of hydrogen-bond donors (Lipinski definition) is 0. The molecule has 0 heterocycles. The van der Waals surface area contributed by atoms with E-state index in [9.17, 15) is 22.8 Å². The molecule has 4 nitrogen and oxygen atoms in total. The minimum Gasteiger partial charge on any atom is -0.459 e. The maximum Gasteiger partial charge on any atom is 0.326 e. The lowest BCUT2D eigenvalue weighted by molar-refractivity contribution is -0.152. The molecule has 1 amide bonds. The number of benzene rings is 2. The molecule has 0 aliphatic carbocycles. The van der Waals surface area contributed by atoms with Crippen LogP contribution in [0.4, 0.5) is 18.9 Å². The maximum atomic E-state index is 14.2. The molecule has 0 fully saturated rings. The molecule has 0 spiro atoms. The van der Waals surface area contributed by atoms with E-state index in [4.69, 9.17) is 4.74 Å². The van der Waals surface area contributed by atoms with Crippen molar-refractivity contribution in [3.8, 4) is 0 Å². The van der Waals surface area contributed by atoms with Crippen molar-refractivity contribution in [2.45, 2.75) is 39.7 Å². The zero-order valence-corrected chi connectivity index (χ0v) is 16.2. The van der Waals surface area contributed by atoms with Gasteiger partial charge in [0, 0.05) is 17.8 Å². The summed E-state index contributed by atoms with van der Waals surface area (Å²) in [6.45, 7) is 6.28. The molecule has 0 bridgehead atoms. The summed E-state index contributed by atoms with van der Waals surface area (Å²) in [5.41, 5.74) is -0.718. The van der Waals surface area contributed by atoms with Gasteiger partial charge in [-0.05, 0) is 38.8 Å². The van der Waals surface area contributed by atoms with Crippen LogP contribution >= 0.6 is 0 Å². The molecule has 2 aromatic rings. The van der Waals surface area contributed by atoms with Crippen LogP contribution in [0.3, 0.4) is 0 Å². The molecule has 2 rings (SSSR count). The van der Waals surface area contributed by atoms with Gasteiger partial charge in [-0.3, -0.25) is 14.5 Å². The Morgan fingerprint density at radius 3 is 2.14 bits per heavy atom. The summed E-state index contributed by atoms with van der Waals surface area (Å²) in [5.74, 6) is -5.66. The lowest BCUT2D eigenvalue weighted by Crippen LogP contribution is -2.40. The summed E-state index contributed by atoms with van der Waals surface area (Å²) < 4.78 is 46.9. The van der Waals surface area contributed by atoms with Gasteiger partial charge >= 0.3 is 5.97 Å². The van der Waals surface area contributed by atoms with Crippen LogP contribution in [0.15, 0.2) is 36.4 Å². The standard InChI is InChI=1S/C21H22F3NO3/c1-5-13-8-6-7-9-17(13)25(12-18(26)28-21(2,3)4)20(27)19-15(23)10-14(22)11-16(19)24/h6-11H,5,12H2,1-4H3. The average Bonchev–Trinajstić information content (AvgIpc) is 2.57. The van der Waals surface area contributed by atoms with Crippen LogP contribution in [0.2, 0.25) is 0 Å². The minimum atomic E-state index is -1.34. The van der Waals surface area contributed by atoms with Crippen molar-refractivity contribution in [2.75, 3.05) is 11.4 Å². The molecule has 0 saturated heterocycles. The van der Waals surface area contributed by atoms with Gasteiger partial charge in [0.15, 0.2) is 0 Å². The van der Waals surface area contributed by atoms with Crippen molar-refractivity contribution in [1.82, 2.24) is 0 Å². The number of hydrogen-bond acceptors (Lipinski definition) is 3. The number of ether oxygens (including phenoxy) is 1. The Morgan fingerprint density at radius 1 is 1.04 bits per heavy atom. The lowest BCUT2D eigenvalue weighted by Gasteiger charge is -2.27. The van der Waals surface area contributed by atoms with E-state index in [1.54, 1.807) is 45.0 Å². The zero-order valence-electron chi connectivity index (χ0n) is 16.2. The molecular formula is C21H22F3NO3. The van der Waals surface area contributed by atoms with Crippen LogP contribution in [0, 0.1) is 17.5 Å². The molecular weight excluding hydrogens is 371 g/mol. The van der Waals surface area contributed by atoms with Gasteiger partial charge in [-0.15, -0.1) is 0 Å². The van der Waals surface area contributed by atoms with Gasteiger partial charge in [0.25, 0.3) is 5.91 Å².